The Balaban J connectivity index is 2.51. The number of hydrogen-bond donors (Lipinski definition) is 1. The molecule has 0 saturated heterocycles. The van der Waals surface area contributed by atoms with E-state index in [1.807, 2.05) is 25.1 Å². The molecule has 0 aliphatic rings. The Kier molecular flexibility index (Phi) is 5.44. The van der Waals surface area contributed by atoms with Gasteiger partial charge in [-0.2, -0.15) is 0 Å². The number of hydrogen-bond acceptors (Lipinski definition) is 4. The van der Waals surface area contributed by atoms with E-state index < -0.39 is 9.84 Å². The second-order valence-corrected chi connectivity index (χ2v) is 6.12. The minimum atomic E-state index is -2.98. The van der Waals surface area contributed by atoms with E-state index >= 15 is 0 Å². The second kappa shape index (κ2) is 6.61. The Morgan fingerprint density at radius 1 is 1.24 bits per heavy atom. The summed E-state index contributed by atoms with van der Waals surface area (Å²) in [5.74, 6) is 0.941. The van der Waals surface area contributed by atoms with Crippen LogP contribution < -0.4 is 10.5 Å². The van der Waals surface area contributed by atoms with Gasteiger partial charge in [0.05, 0.1) is 11.5 Å². The van der Waals surface area contributed by atoms with Crippen LogP contribution in [0.3, 0.4) is 0 Å². The number of nitrogens with two attached hydrogens (primary N) is 1. The molecule has 1 rings (SSSR count). The van der Waals surface area contributed by atoms with Crippen molar-refractivity contribution >= 4 is 9.84 Å². The molecule has 0 saturated carbocycles. The lowest BCUT2D eigenvalue weighted by Crippen LogP contribution is -2.17. The summed E-state index contributed by atoms with van der Waals surface area (Å²) in [7, 11) is -2.98. The van der Waals surface area contributed by atoms with Crippen LogP contribution >= 0.6 is 0 Å². The number of para-hydroxylation sites is 1. The molecule has 0 unspecified atom stereocenters. The van der Waals surface area contributed by atoms with Crippen LogP contribution in [0.15, 0.2) is 24.3 Å². The minimum Gasteiger partial charge on any atom is -0.492 e. The maximum Gasteiger partial charge on any atom is 0.153 e. The number of ether oxygens (including phenoxy) is 1. The third-order valence-electron chi connectivity index (χ3n) is 2.36. The Bertz CT molecular complexity index is 443. The normalized spacial score (nSPS) is 11.4. The fraction of sp³-hybridized carbons (Fsp3) is 0.500. The van der Waals surface area contributed by atoms with Gasteiger partial charge in [-0.25, -0.2) is 8.42 Å². The van der Waals surface area contributed by atoms with Gasteiger partial charge in [0.25, 0.3) is 0 Å². The van der Waals surface area contributed by atoms with Gasteiger partial charge in [-0.15, -0.1) is 0 Å². The zero-order valence-electron chi connectivity index (χ0n) is 10.1. The topological polar surface area (TPSA) is 69.4 Å². The third kappa shape index (κ3) is 4.75. The molecule has 0 heterocycles. The summed E-state index contributed by atoms with van der Waals surface area (Å²) in [6.45, 7) is 2.42. The summed E-state index contributed by atoms with van der Waals surface area (Å²) in [4.78, 5) is 0. The molecule has 1 aromatic rings. The van der Waals surface area contributed by atoms with Gasteiger partial charge in [0.15, 0.2) is 9.84 Å². The van der Waals surface area contributed by atoms with Crippen molar-refractivity contribution in [3.63, 3.8) is 0 Å². The van der Waals surface area contributed by atoms with Gasteiger partial charge in [0.1, 0.15) is 12.4 Å². The van der Waals surface area contributed by atoms with Gasteiger partial charge in [-0.3, -0.25) is 0 Å². The third-order valence-corrected chi connectivity index (χ3v) is 4.18. The molecule has 0 bridgehead atoms. The van der Waals surface area contributed by atoms with Crippen molar-refractivity contribution in [1.82, 2.24) is 0 Å². The maximum atomic E-state index is 11.5. The van der Waals surface area contributed by atoms with E-state index in [2.05, 4.69) is 0 Å². The molecule has 4 nitrogen and oxygen atoms in total. The number of benzene rings is 1. The lowest BCUT2D eigenvalue weighted by molar-refractivity contribution is 0.337. The van der Waals surface area contributed by atoms with Crippen molar-refractivity contribution in [2.45, 2.75) is 19.9 Å². The summed E-state index contributed by atoms with van der Waals surface area (Å²) in [6, 6.07) is 7.39. The Morgan fingerprint density at radius 2 is 1.94 bits per heavy atom. The highest BCUT2D eigenvalue weighted by Gasteiger charge is 2.10. The van der Waals surface area contributed by atoms with Crippen molar-refractivity contribution in [3.8, 4) is 5.75 Å². The van der Waals surface area contributed by atoms with E-state index in [0.29, 0.717) is 18.7 Å². The predicted molar refractivity (Wildman–Crippen MR) is 68.8 cm³/mol. The van der Waals surface area contributed by atoms with Crippen LogP contribution in [0.2, 0.25) is 0 Å². The van der Waals surface area contributed by atoms with Crippen molar-refractivity contribution in [2.75, 3.05) is 18.1 Å². The van der Waals surface area contributed by atoms with Crippen molar-refractivity contribution < 1.29 is 13.2 Å². The Hall–Kier alpha value is -1.07. The highest BCUT2D eigenvalue weighted by molar-refractivity contribution is 7.91. The lowest BCUT2D eigenvalue weighted by atomic mass is 10.2. The van der Waals surface area contributed by atoms with Crippen molar-refractivity contribution in [3.05, 3.63) is 29.8 Å². The molecule has 5 heteroatoms. The molecule has 17 heavy (non-hydrogen) atoms. The van der Waals surface area contributed by atoms with Gasteiger partial charge >= 0.3 is 0 Å². The Morgan fingerprint density at radius 3 is 2.59 bits per heavy atom. The smallest absolute Gasteiger partial charge is 0.153 e. The highest BCUT2D eigenvalue weighted by Crippen LogP contribution is 2.16. The van der Waals surface area contributed by atoms with Crippen molar-refractivity contribution in [2.24, 2.45) is 5.73 Å². The fourth-order valence-electron chi connectivity index (χ4n) is 1.50. The second-order valence-electron chi connectivity index (χ2n) is 3.81. The van der Waals surface area contributed by atoms with Crippen LogP contribution in [-0.2, 0) is 16.4 Å². The molecule has 0 radical (unpaired) electrons. The summed E-state index contributed by atoms with van der Waals surface area (Å²) in [6.07, 6.45) is 0.641. The van der Waals surface area contributed by atoms with E-state index in [-0.39, 0.29) is 18.1 Å². The first-order valence-electron chi connectivity index (χ1n) is 5.70. The fourth-order valence-corrected chi connectivity index (χ4v) is 2.67. The summed E-state index contributed by atoms with van der Waals surface area (Å²) < 4.78 is 28.4. The molecule has 0 amide bonds. The van der Waals surface area contributed by atoms with E-state index in [4.69, 9.17) is 10.5 Å². The average Bonchev–Trinajstić information content (AvgIpc) is 2.29. The quantitative estimate of drug-likeness (QED) is 0.800. The van der Waals surface area contributed by atoms with Gasteiger partial charge in [-0.1, -0.05) is 25.1 Å². The predicted octanol–water partition coefficient (Wildman–Crippen LogP) is 1.35. The van der Waals surface area contributed by atoms with Gasteiger partial charge < -0.3 is 10.5 Å². The monoisotopic (exact) mass is 257 g/mol. The zero-order chi connectivity index (χ0) is 12.7. The SMILES string of the molecule is CCCS(=O)(=O)CCOc1ccccc1CN. The maximum absolute atomic E-state index is 11.5. The van der Waals surface area contributed by atoms with Crippen LogP contribution in [0.25, 0.3) is 0 Å². The largest absolute Gasteiger partial charge is 0.492 e. The molecule has 1 aromatic carbocycles. The van der Waals surface area contributed by atoms with Crippen LogP contribution in [0.1, 0.15) is 18.9 Å². The van der Waals surface area contributed by atoms with E-state index in [1.54, 1.807) is 6.07 Å². The van der Waals surface area contributed by atoms with Crippen LogP contribution in [-0.4, -0.2) is 26.5 Å². The summed E-state index contributed by atoms with van der Waals surface area (Å²) in [5.41, 5.74) is 6.45. The molecule has 0 fully saturated rings. The summed E-state index contributed by atoms with van der Waals surface area (Å²) in [5, 5.41) is 0. The first-order chi connectivity index (χ1) is 8.09. The molecule has 0 atom stereocenters. The summed E-state index contributed by atoms with van der Waals surface area (Å²) >= 11 is 0. The zero-order valence-corrected chi connectivity index (χ0v) is 10.9. The first kappa shape index (κ1) is 14.0. The van der Waals surface area contributed by atoms with E-state index in [9.17, 15) is 8.42 Å². The van der Waals surface area contributed by atoms with Crippen LogP contribution in [0.5, 0.6) is 5.75 Å². The number of sulfone groups is 1. The Labute approximate surface area is 103 Å². The van der Waals surface area contributed by atoms with Crippen LogP contribution in [0.4, 0.5) is 0 Å². The highest BCUT2D eigenvalue weighted by atomic mass is 32.2. The van der Waals surface area contributed by atoms with Gasteiger partial charge in [-0.05, 0) is 12.5 Å². The van der Waals surface area contributed by atoms with Gasteiger partial charge in [0.2, 0.25) is 0 Å². The first-order valence-corrected chi connectivity index (χ1v) is 7.52. The minimum absolute atomic E-state index is 0.0553. The van der Waals surface area contributed by atoms with Crippen molar-refractivity contribution in [1.29, 1.82) is 0 Å². The average molecular weight is 257 g/mol. The molecular formula is C12H19NO3S. The van der Waals surface area contributed by atoms with Gasteiger partial charge in [0, 0.05) is 12.1 Å². The lowest BCUT2D eigenvalue weighted by Gasteiger charge is -2.10. The molecule has 0 aromatic heterocycles. The molecule has 96 valence electrons. The molecular weight excluding hydrogens is 238 g/mol. The molecule has 0 aliphatic heterocycles. The molecule has 2 N–H and O–H groups in total. The number of rotatable bonds is 7. The van der Waals surface area contributed by atoms with E-state index in [0.717, 1.165) is 5.56 Å². The molecule has 0 aliphatic carbocycles. The standard InChI is InChI=1S/C12H19NO3S/c1-2-8-17(14,15)9-7-16-12-6-4-3-5-11(12)10-13/h3-6H,2,7-10,13H2,1H3. The molecule has 0 spiro atoms. The van der Waals surface area contributed by atoms with Crippen LogP contribution in [0, 0.1) is 0 Å². The van der Waals surface area contributed by atoms with E-state index in [1.165, 1.54) is 0 Å².